The summed E-state index contributed by atoms with van der Waals surface area (Å²) in [5, 5.41) is 0. The molecule has 1 aliphatic carbocycles. The third-order valence-electron chi connectivity index (χ3n) is 6.67. The molecular weight excluding hydrogens is 406 g/mol. The molecule has 0 fully saturated rings. The summed E-state index contributed by atoms with van der Waals surface area (Å²) < 4.78 is 26.4. The summed E-state index contributed by atoms with van der Waals surface area (Å²) in [6.07, 6.45) is 11.1. The highest BCUT2D eigenvalue weighted by Crippen LogP contribution is 2.41. The number of allylic oxidation sites excluding steroid dienone is 2. The van der Waals surface area contributed by atoms with Gasteiger partial charge >= 0.3 is 0 Å². The average molecular weight is 448 g/mol. The average Bonchev–Trinajstić information content (AvgIpc) is 2.75. The normalized spacial score (nSPS) is 20.3. The lowest BCUT2D eigenvalue weighted by Gasteiger charge is -2.36. The van der Waals surface area contributed by atoms with E-state index in [4.69, 9.17) is 0 Å². The van der Waals surface area contributed by atoms with Crippen LogP contribution in [-0.2, 0) is 14.6 Å². The molecule has 2 rings (SSSR count). The molecular formula is C26H41NO3S. The maximum absolute atomic E-state index is 13.9. The topological polar surface area (TPSA) is 54.5 Å². The van der Waals surface area contributed by atoms with Crippen LogP contribution in [0.15, 0.2) is 46.4 Å². The summed E-state index contributed by atoms with van der Waals surface area (Å²) in [6, 6.07) is 8.54. The van der Waals surface area contributed by atoms with Gasteiger partial charge in [0.25, 0.3) is 0 Å². The van der Waals surface area contributed by atoms with E-state index in [1.165, 1.54) is 35.3 Å². The number of carbonyl (C=O) groups is 1. The van der Waals surface area contributed by atoms with E-state index in [0.717, 1.165) is 38.5 Å². The maximum Gasteiger partial charge on any atom is 0.243 e. The highest BCUT2D eigenvalue weighted by Gasteiger charge is 2.51. The van der Waals surface area contributed by atoms with Gasteiger partial charge in [0.2, 0.25) is 5.91 Å². The number of carbonyl (C=O) groups excluding carboxylic acids is 1. The van der Waals surface area contributed by atoms with Gasteiger partial charge in [-0.15, -0.1) is 0 Å². The second kappa shape index (κ2) is 11.8. The minimum absolute atomic E-state index is 0.257. The number of nitrogens with zero attached hydrogens (tertiary/aromatic N) is 1. The summed E-state index contributed by atoms with van der Waals surface area (Å²) in [5.74, 6) is -0.277. The van der Waals surface area contributed by atoms with E-state index in [-0.39, 0.29) is 10.8 Å². The number of hydrogen-bond donors (Lipinski definition) is 0. The molecule has 1 aromatic carbocycles. The lowest BCUT2D eigenvalue weighted by molar-refractivity contribution is -0.132. The van der Waals surface area contributed by atoms with E-state index in [9.17, 15) is 13.2 Å². The first-order chi connectivity index (χ1) is 14.8. The van der Waals surface area contributed by atoms with Crippen molar-refractivity contribution in [3.8, 4) is 0 Å². The molecule has 1 atom stereocenters. The van der Waals surface area contributed by atoms with Crippen molar-refractivity contribution in [1.82, 2.24) is 4.90 Å². The SMILES string of the molecule is CCCCCC1=C(CCCC)CCC(C(=O)N(C)C)(S(=O)(=O)c2ccccc2)CCC1. The highest BCUT2D eigenvalue weighted by molar-refractivity contribution is 7.93. The van der Waals surface area contributed by atoms with Gasteiger partial charge in [-0.25, -0.2) is 8.42 Å². The van der Waals surface area contributed by atoms with Crippen molar-refractivity contribution in [3.63, 3.8) is 0 Å². The van der Waals surface area contributed by atoms with Gasteiger partial charge in [-0.2, -0.15) is 0 Å². The fourth-order valence-corrected chi connectivity index (χ4v) is 6.99. The Balaban J connectivity index is 2.47. The fourth-order valence-electron chi connectivity index (χ4n) is 4.83. The molecule has 174 valence electrons. The van der Waals surface area contributed by atoms with Crippen molar-refractivity contribution >= 4 is 15.7 Å². The van der Waals surface area contributed by atoms with Crippen LogP contribution in [0.3, 0.4) is 0 Å². The Morgan fingerprint density at radius 1 is 0.903 bits per heavy atom. The Bertz CT molecular complexity index is 843. The van der Waals surface area contributed by atoms with Crippen LogP contribution in [0.25, 0.3) is 0 Å². The van der Waals surface area contributed by atoms with Crippen LogP contribution in [0.4, 0.5) is 0 Å². The largest absolute Gasteiger partial charge is 0.347 e. The summed E-state index contributed by atoms with van der Waals surface area (Å²) >= 11 is 0. The molecule has 0 bridgehead atoms. The number of unbranched alkanes of at least 4 members (excludes halogenated alkanes) is 3. The molecule has 1 unspecified atom stereocenters. The van der Waals surface area contributed by atoms with Gasteiger partial charge in [0, 0.05) is 14.1 Å². The Kier molecular flexibility index (Phi) is 9.80. The predicted molar refractivity (Wildman–Crippen MR) is 129 cm³/mol. The van der Waals surface area contributed by atoms with Crippen molar-refractivity contribution in [2.75, 3.05) is 14.1 Å². The molecule has 0 aromatic heterocycles. The van der Waals surface area contributed by atoms with Gasteiger partial charge in [0.15, 0.2) is 14.6 Å². The van der Waals surface area contributed by atoms with E-state index < -0.39 is 14.6 Å². The van der Waals surface area contributed by atoms with Crippen molar-refractivity contribution in [2.45, 2.75) is 101 Å². The molecule has 0 saturated heterocycles. The fraction of sp³-hybridized carbons (Fsp3) is 0.654. The van der Waals surface area contributed by atoms with Crippen molar-refractivity contribution in [2.24, 2.45) is 0 Å². The molecule has 1 amide bonds. The van der Waals surface area contributed by atoms with Crippen LogP contribution < -0.4 is 0 Å². The van der Waals surface area contributed by atoms with Gasteiger partial charge in [-0.1, -0.05) is 62.5 Å². The predicted octanol–water partition coefficient (Wildman–Crippen LogP) is 6.32. The molecule has 0 aliphatic heterocycles. The molecule has 0 N–H and O–H groups in total. The molecule has 1 aliphatic rings. The number of hydrogen-bond acceptors (Lipinski definition) is 3. The molecule has 0 radical (unpaired) electrons. The second-order valence-corrected chi connectivity index (χ2v) is 11.4. The Labute approximate surface area is 190 Å². The molecule has 0 heterocycles. The third-order valence-corrected chi connectivity index (χ3v) is 9.17. The first kappa shape index (κ1) is 25.6. The van der Waals surface area contributed by atoms with Crippen molar-refractivity contribution in [3.05, 3.63) is 41.5 Å². The molecule has 4 nitrogen and oxygen atoms in total. The Morgan fingerprint density at radius 3 is 2.13 bits per heavy atom. The van der Waals surface area contributed by atoms with Gasteiger partial charge in [0.05, 0.1) is 4.90 Å². The molecule has 0 saturated carbocycles. The highest BCUT2D eigenvalue weighted by atomic mass is 32.2. The van der Waals surface area contributed by atoms with Crippen LogP contribution >= 0.6 is 0 Å². The Hall–Kier alpha value is -1.62. The zero-order chi connectivity index (χ0) is 22.9. The van der Waals surface area contributed by atoms with Crippen LogP contribution in [0.1, 0.15) is 90.9 Å². The maximum atomic E-state index is 13.9. The van der Waals surface area contributed by atoms with Gasteiger partial charge in [-0.05, 0) is 69.9 Å². The minimum atomic E-state index is -3.80. The minimum Gasteiger partial charge on any atom is -0.347 e. The Morgan fingerprint density at radius 2 is 1.52 bits per heavy atom. The summed E-state index contributed by atoms with van der Waals surface area (Å²) in [5.41, 5.74) is 2.95. The van der Waals surface area contributed by atoms with E-state index >= 15 is 0 Å². The van der Waals surface area contributed by atoms with E-state index in [1.54, 1.807) is 38.4 Å². The van der Waals surface area contributed by atoms with Crippen LogP contribution in [0.5, 0.6) is 0 Å². The number of benzene rings is 1. The van der Waals surface area contributed by atoms with E-state index in [2.05, 4.69) is 13.8 Å². The molecule has 1 aromatic rings. The number of amides is 1. The quantitative estimate of drug-likeness (QED) is 0.311. The lowest BCUT2D eigenvalue weighted by Crippen LogP contribution is -2.52. The summed E-state index contributed by atoms with van der Waals surface area (Å²) in [4.78, 5) is 15.2. The monoisotopic (exact) mass is 447 g/mol. The van der Waals surface area contributed by atoms with Crippen LogP contribution in [0.2, 0.25) is 0 Å². The zero-order valence-electron chi connectivity index (χ0n) is 20.0. The van der Waals surface area contributed by atoms with Gasteiger partial charge < -0.3 is 4.90 Å². The lowest BCUT2D eigenvalue weighted by atomic mass is 9.82. The molecule has 31 heavy (non-hydrogen) atoms. The third kappa shape index (κ3) is 6.00. The zero-order valence-corrected chi connectivity index (χ0v) is 20.8. The first-order valence-corrected chi connectivity index (χ1v) is 13.5. The van der Waals surface area contributed by atoms with Crippen molar-refractivity contribution < 1.29 is 13.2 Å². The summed E-state index contributed by atoms with van der Waals surface area (Å²) in [6.45, 7) is 4.42. The van der Waals surface area contributed by atoms with Crippen LogP contribution in [0, 0.1) is 0 Å². The van der Waals surface area contributed by atoms with Gasteiger partial charge in [0.1, 0.15) is 0 Å². The van der Waals surface area contributed by atoms with Crippen molar-refractivity contribution in [1.29, 1.82) is 0 Å². The smallest absolute Gasteiger partial charge is 0.243 e. The number of sulfone groups is 1. The van der Waals surface area contributed by atoms with E-state index in [1.807, 2.05) is 6.07 Å². The number of rotatable bonds is 10. The van der Waals surface area contributed by atoms with Crippen LogP contribution in [-0.4, -0.2) is 38.1 Å². The van der Waals surface area contributed by atoms with Gasteiger partial charge in [-0.3, -0.25) is 4.79 Å². The second-order valence-electron chi connectivity index (χ2n) is 9.13. The molecule has 0 spiro atoms. The van der Waals surface area contributed by atoms with E-state index in [0.29, 0.717) is 19.3 Å². The standard InChI is InChI=1S/C26H41NO3S/c1-5-7-10-15-22-16-13-20-26(25(28)27(3)4,21-19-23(22)14-8-6-2)31(29,30)24-17-11-9-12-18-24/h9,11-12,17-18H,5-8,10,13-16,19-21H2,1-4H3. The first-order valence-electron chi connectivity index (χ1n) is 12.0. The summed E-state index contributed by atoms with van der Waals surface area (Å²) in [7, 11) is -0.456. The molecule has 5 heteroatoms.